The lowest BCUT2D eigenvalue weighted by molar-refractivity contribution is -0.00960. The van der Waals surface area contributed by atoms with Crippen molar-refractivity contribution in [2.24, 2.45) is 0 Å². The molecule has 1 aliphatic carbocycles. The second kappa shape index (κ2) is 9.73. The molecule has 0 aliphatic heterocycles. The first-order chi connectivity index (χ1) is 14.6. The smallest absolute Gasteiger partial charge is 0.214 e. The molecule has 3 aromatic rings. The van der Waals surface area contributed by atoms with Crippen LogP contribution in [0.5, 0.6) is 0 Å². The predicted octanol–water partition coefficient (Wildman–Crippen LogP) is 4.33. The van der Waals surface area contributed by atoms with E-state index in [1.165, 1.54) is 28.5 Å². The minimum atomic E-state index is -0.586. The molecule has 0 saturated heterocycles. The Balaban J connectivity index is 1.32. The molecule has 30 heavy (non-hydrogen) atoms. The van der Waals surface area contributed by atoms with Crippen LogP contribution in [0.15, 0.2) is 53.7 Å². The summed E-state index contributed by atoms with van der Waals surface area (Å²) >= 11 is 1.44. The summed E-state index contributed by atoms with van der Waals surface area (Å²) in [6.45, 7) is 4.64. The third-order valence-electron chi connectivity index (χ3n) is 5.45. The van der Waals surface area contributed by atoms with Gasteiger partial charge in [-0.25, -0.2) is 0 Å². The van der Waals surface area contributed by atoms with Crippen LogP contribution in [-0.2, 0) is 11.2 Å². The molecule has 0 unspecified atom stereocenters. The molecule has 6 nitrogen and oxygen atoms in total. The Morgan fingerprint density at radius 1 is 1.17 bits per heavy atom. The van der Waals surface area contributed by atoms with Gasteiger partial charge in [-0.05, 0) is 64.4 Å². The molecule has 0 bridgehead atoms. The third kappa shape index (κ3) is 4.91. The zero-order chi connectivity index (χ0) is 20.9. The van der Waals surface area contributed by atoms with Crippen molar-refractivity contribution in [1.82, 2.24) is 20.2 Å². The number of aliphatic hydroxyl groups excluding tert-OH is 1. The van der Waals surface area contributed by atoms with Gasteiger partial charge in [-0.1, -0.05) is 62.0 Å². The summed E-state index contributed by atoms with van der Waals surface area (Å²) < 4.78 is 7.78. The van der Waals surface area contributed by atoms with Crippen molar-refractivity contribution < 1.29 is 9.84 Å². The van der Waals surface area contributed by atoms with E-state index in [2.05, 4.69) is 65.8 Å². The van der Waals surface area contributed by atoms with Gasteiger partial charge in [-0.2, -0.15) is 4.68 Å². The molecule has 1 heterocycles. The highest BCUT2D eigenvalue weighted by atomic mass is 32.2. The van der Waals surface area contributed by atoms with Gasteiger partial charge in [-0.3, -0.25) is 0 Å². The van der Waals surface area contributed by atoms with Gasteiger partial charge in [0.05, 0.1) is 24.5 Å². The molecule has 2 aromatic carbocycles. The lowest BCUT2D eigenvalue weighted by Crippen LogP contribution is -2.22. The Kier molecular flexibility index (Phi) is 6.82. The number of ether oxygens (including phenoxy) is 1. The molecule has 0 spiro atoms. The van der Waals surface area contributed by atoms with E-state index >= 15 is 0 Å². The molecule has 0 amide bonds. The minimum Gasteiger partial charge on any atom is -0.390 e. The first kappa shape index (κ1) is 21.0. The Bertz CT molecular complexity index is 958. The molecule has 1 aliphatic rings. The molecular weight excluding hydrogens is 396 g/mol. The first-order valence-corrected chi connectivity index (χ1v) is 11.5. The van der Waals surface area contributed by atoms with E-state index in [1.54, 1.807) is 4.68 Å². The highest BCUT2D eigenvalue weighted by molar-refractivity contribution is 7.99. The van der Waals surface area contributed by atoms with Gasteiger partial charge in [0, 0.05) is 5.75 Å². The monoisotopic (exact) mass is 424 g/mol. The van der Waals surface area contributed by atoms with E-state index in [1.807, 2.05) is 12.1 Å². The zero-order valence-corrected chi connectivity index (χ0v) is 18.3. The summed E-state index contributed by atoms with van der Waals surface area (Å²) in [6, 6.07) is 16.7. The molecule has 0 saturated carbocycles. The average molecular weight is 425 g/mol. The quantitative estimate of drug-likeness (QED) is 0.543. The molecule has 1 N–H and O–H groups in total. The number of benzene rings is 2. The van der Waals surface area contributed by atoms with Crippen LogP contribution in [0.25, 0.3) is 5.69 Å². The number of aliphatic hydroxyl groups is 1. The van der Waals surface area contributed by atoms with E-state index in [0.717, 1.165) is 24.9 Å². The van der Waals surface area contributed by atoms with Crippen molar-refractivity contribution in [1.29, 1.82) is 0 Å². The summed E-state index contributed by atoms with van der Waals surface area (Å²) in [5.41, 5.74) is 4.81. The zero-order valence-electron chi connectivity index (χ0n) is 17.4. The van der Waals surface area contributed by atoms with Gasteiger partial charge < -0.3 is 9.84 Å². The van der Waals surface area contributed by atoms with E-state index < -0.39 is 6.10 Å². The highest BCUT2D eigenvalue weighted by Gasteiger charge is 2.21. The molecule has 7 heteroatoms. The number of hydrogen-bond acceptors (Lipinski definition) is 6. The molecule has 0 radical (unpaired) electrons. The molecule has 4 rings (SSSR count). The fourth-order valence-corrected chi connectivity index (χ4v) is 4.56. The maximum absolute atomic E-state index is 10.5. The van der Waals surface area contributed by atoms with Gasteiger partial charge >= 0.3 is 0 Å². The molecule has 2 atom stereocenters. The van der Waals surface area contributed by atoms with Crippen LogP contribution in [0, 0.1) is 0 Å². The van der Waals surface area contributed by atoms with Crippen molar-refractivity contribution in [2.75, 3.05) is 12.4 Å². The fourth-order valence-electron chi connectivity index (χ4n) is 3.76. The lowest BCUT2D eigenvalue weighted by atomic mass is 9.89. The van der Waals surface area contributed by atoms with Crippen LogP contribution in [0.3, 0.4) is 0 Å². The Hall–Kier alpha value is -2.22. The summed E-state index contributed by atoms with van der Waals surface area (Å²) in [4.78, 5) is 0. The normalized spacial score (nSPS) is 17.1. The number of thioether (sulfide) groups is 1. The molecule has 158 valence electrons. The number of tetrazole rings is 1. The van der Waals surface area contributed by atoms with Crippen molar-refractivity contribution in [2.45, 2.75) is 56.4 Å². The lowest BCUT2D eigenvalue weighted by Gasteiger charge is -2.26. The van der Waals surface area contributed by atoms with Crippen LogP contribution in [0.4, 0.5) is 0 Å². The molecular formula is C23H28N4O2S. The number of rotatable bonds is 8. The van der Waals surface area contributed by atoms with Gasteiger partial charge in [0.2, 0.25) is 5.16 Å². The second-order valence-electron chi connectivity index (χ2n) is 8.00. The average Bonchev–Trinajstić information content (AvgIpc) is 3.25. The van der Waals surface area contributed by atoms with Gasteiger partial charge in [0.15, 0.2) is 0 Å². The van der Waals surface area contributed by atoms with Gasteiger partial charge in [-0.15, -0.1) is 5.10 Å². The summed E-state index contributed by atoms with van der Waals surface area (Å²) in [5.74, 6) is 0.951. The number of nitrogens with zero attached hydrogens (tertiary/aromatic N) is 4. The molecule has 0 fully saturated rings. The topological polar surface area (TPSA) is 73.1 Å². The van der Waals surface area contributed by atoms with E-state index in [0.29, 0.717) is 23.4 Å². The Morgan fingerprint density at radius 3 is 2.77 bits per heavy atom. The van der Waals surface area contributed by atoms with Crippen molar-refractivity contribution >= 4 is 11.8 Å². The Labute approximate surface area is 181 Å². The summed E-state index contributed by atoms with van der Waals surface area (Å²) in [5, 5.41) is 23.2. The van der Waals surface area contributed by atoms with Crippen molar-refractivity contribution in [3.63, 3.8) is 0 Å². The van der Waals surface area contributed by atoms with Crippen LogP contribution >= 0.6 is 11.8 Å². The Morgan fingerprint density at radius 2 is 1.97 bits per heavy atom. The minimum absolute atomic E-state index is 0.0689. The van der Waals surface area contributed by atoms with E-state index in [-0.39, 0.29) is 6.10 Å². The summed E-state index contributed by atoms with van der Waals surface area (Å²) in [6.07, 6.45) is 2.71. The number of aryl methyl sites for hydroxylation is 1. The van der Waals surface area contributed by atoms with Crippen LogP contribution < -0.4 is 0 Å². The molecule has 1 aromatic heterocycles. The SMILES string of the molecule is CC(C)c1ccc(-n2nnnc2SC[C@H](O)CO[C@H]2CCCc3ccccc32)cc1. The van der Waals surface area contributed by atoms with Crippen LogP contribution in [0.1, 0.15) is 55.4 Å². The summed E-state index contributed by atoms with van der Waals surface area (Å²) in [7, 11) is 0. The van der Waals surface area contributed by atoms with Crippen LogP contribution in [0.2, 0.25) is 0 Å². The van der Waals surface area contributed by atoms with Crippen molar-refractivity contribution in [3.05, 3.63) is 65.2 Å². The van der Waals surface area contributed by atoms with Gasteiger partial charge in [0.1, 0.15) is 0 Å². The van der Waals surface area contributed by atoms with Crippen LogP contribution in [-0.4, -0.2) is 43.8 Å². The first-order valence-electron chi connectivity index (χ1n) is 10.5. The highest BCUT2D eigenvalue weighted by Crippen LogP contribution is 2.32. The standard InChI is InChI=1S/C23H28N4O2S/c1-16(2)17-10-12-19(13-11-17)27-23(24-25-26-27)30-15-20(28)14-29-22-9-5-7-18-6-3-4-8-21(18)22/h3-4,6,8,10-13,16,20,22,28H,5,7,9,14-15H2,1-2H3/t20-,22+/m1/s1. The number of hydrogen-bond donors (Lipinski definition) is 1. The van der Waals surface area contributed by atoms with Crippen molar-refractivity contribution in [3.8, 4) is 5.69 Å². The van der Waals surface area contributed by atoms with Gasteiger partial charge in [0.25, 0.3) is 0 Å². The van der Waals surface area contributed by atoms with E-state index in [4.69, 9.17) is 4.74 Å². The fraction of sp³-hybridized carbons (Fsp3) is 0.435. The van der Waals surface area contributed by atoms with E-state index in [9.17, 15) is 5.11 Å². The number of fused-ring (bicyclic) bond motifs is 1. The maximum atomic E-state index is 10.5. The second-order valence-corrected chi connectivity index (χ2v) is 8.98. The maximum Gasteiger partial charge on any atom is 0.214 e. The predicted molar refractivity (Wildman–Crippen MR) is 118 cm³/mol. The number of aromatic nitrogens is 4. The largest absolute Gasteiger partial charge is 0.390 e. The third-order valence-corrected chi connectivity index (χ3v) is 6.52.